The molecule has 0 aromatic heterocycles. The Labute approximate surface area is 79.7 Å². The number of amidine groups is 1. The fourth-order valence-electron chi connectivity index (χ4n) is 1.56. The summed E-state index contributed by atoms with van der Waals surface area (Å²) in [7, 11) is 0. The summed E-state index contributed by atoms with van der Waals surface area (Å²) in [6, 6.07) is 0.419. The summed E-state index contributed by atoms with van der Waals surface area (Å²) in [6.07, 6.45) is 0. The molecule has 0 aromatic rings. The van der Waals surface area contributed by atoms with Crippen LogP contribution in [0.2, 0.25) is 0 Å². The van der Waals surface area contributed by atoms with Crippen LogP contribution in [0, 0.1) is 0 Å². The number of thiocarbonyl (C=S) groups is 1. The Bertz CT molecular complexity index is 241. The van der Waals surface area contributed by atoms with E-state index in [-0.39, 0.29) is 5.54 Å². The summed E-state index contributed by atoms with van der Waals surface area (Å²) in [5, 5.41) is 0. The van der Waals surface area contributed by atoms with Crippen molar-refractivity contribution in [3.8, 4) is 0 Å². The van der Waals surface area contributed by atoms with Gasteiger partial charge in [-0.3, -0.25) is 4.99 Å². The van der Waals surface area contributed by atoms with Crippen molar-refractivity contribution >= 4 is 23.0 Å². The van der Waals surface area contributed by atoms with Crippen LogP contribution in [0.15, 0.2) is 4.99 Å². The topological polar surface area (TPSA) is 15.6 Å². The van der Waals surface area contributed by atoms with E-state index in [9.17, 15) is 0 Å². The molecule has 0 unspecified atom stereocenters. The molecule has 0 N–H and O–H groups in total. The Kier molecular flexibility index (Phi) is 2.25. The molecule has 0 spiro atoms. The van der Waals surface area contributed by atoms with Crippen LogP contribution < -0.4 is 0 Å². The maximum atomic E-state index is 5.34. The molecule has 0 bridgehead atoms. The van der Waals surface area contributed by atoms with Crippen LogP contribution in [0.1, 0.15) is 34.6 Å². The van der Waals surface area contributed by atoms with Gasteiger partial charge in [0.15, 0.2) is 0 Å². The van der Waals surface area contributed by atoms with E-state index in [2.05, 4.69) is 37.6 Å². The third-order valence-electron chi connectivity index (χ3n) is 2.05. The van der Waals surface area contributed by atoms with Gasteiger partial charge < -0.3 is 4.90 Å². The highest BCUT2D eigenvalue weighted by atomic mass is 32.1. The Hall–Kier alpha value is -0.440. The van der Waals surface area contributed by atoms with Crippen molar-refractivity contribution in [2.45, 2.75) is 46.2 Å². The lowest BCUT2D eigenvalue weighted by atomic mass is 10.1. The smallest absolute Gasteiger partial charge is 0.111 e. The van der Waals surface area contributed by atoms with Crippen LogP contribution in [0.5, 0.6) is 0 Å². The summed E-state index contributed by atoms with van der Waals surface area (Å²) >= 11 is 5.34. The summed E-state index contributed by atoms with van der Waals surface area (Å²) in [5.74, 6) is 1.04. The fraction of sp³-hybridized carbons (Fsp3) is 0.778. The normalized spacial score (nSPS) is 22.0. The quantitative estimate of drug-likeness (QED) is 0.581. The molecule has 0 atom stereocenters. The van der Waals surface area contributed by atoms with E-state index in [4.69, 9.17) is 12.2 Å². The first kappa shape index (κ1) is 9.65. The van der Waals surface area contributed by atoms with Crippen LogP contribution in [0.25, 0.3) is 0 Å². The minimum absolute atomic E-state index is 0.177. The lowest BCUT2D eigenvalue weighted by Crippen LogP contribution is -2.41. The Balaban J connectivity index is 2.97. The van der Waals surface area contributed by atoms with Crippen LogP contribution in [0.3, 0.4) is 0 Å². The molecule has 0 fully saturated rings. The number of hydrogen-bond donors (Lipinski definition) is 0. The molecule has 1 aliphatic rings. The van der Waals surface area contributed by atoms with E-state index >= 15 is 0 Å². The zero-order valence-corrected chi connectivity index (χ0v) is 9.20. The molecule has 1 aliphatic heterocycles. The van der Waals surface area contributed by atoms with Crippen LogP contribution in [-0.2, 0) is 0 Å². The Morgan fingerprint density at radius 2 is 1.92 bits per heavy atom. The van der Waals surface area contributed by atoms with Crippen LogP contribution in [-0.4, -0.2) is 27.3 Å². The zero-order chi connectivity index (χ0) is 9.52. The molecule has 0 saturated carbocycles. The third kappa shape index (κ3) is 1.38. The highest BCUT2D eigenvalue weighted by Gasteiger charge is 2.36. The summed E-state index contributed by atoms with van der Waals surface area (Å²) in [6.45, 7) is 10.4. The molecule has 12 heavy (non-hydrogen) atoms. The first-order chi connectivity index (χ1) is 5.36. The van der Waals surface area contributed by atoms with Crippen molar-refractivity contribution in [1.29, 1.82) is 0 Å². The minimum Gasteiger partial charge on any atom is -0.320 e. The molecule has 0 amide bonds. The maximum absolute atomic E-state index is 5.34. The monoisotopic (exact) mass is 184 g/mol. The summed E-state index contributed by atoms with van der Waals surface area (Å²) in [4.78, 5) is 7.57. The molecular weight excluding hydrogens is 168 g/mol. The van der Waals surface area contributed by atoms with Crippen LogP contribution in [0.4, 0.5) is 0 Å². The van der Waals surface area contributed by atoms with Crippen LogP contribution >= 0.6 is 12.2 Å². The largest absolute Gasteiger partial charge is 0.320 e. The van der Waals surface area contributed by atoms with E-state index in [1.807, 2.05) is 6.92 Å². The second-order valence-corrected chi connectivity index (χ2v) is 4.37. The average Bonchev–Trinajstić information content (AvgIpc) is 2.02. The van der Waals surface area contributed by atoms with Crippen molar-refractivity contribution in [3.63, 3.8) is 0 Å². The molecule has 0 radical (unpaired) electrons. The van der Waals surface area contributed by atoms with Crippen molar-refractivity contribution in [1.82, 2.24) is 4.90 Å². The van der Waals surface area contributed by atoms with Gasteiger partial charge in [0, 0.05) is 6.04 Å². The van der Waals surface area contributed by atoms with Crippen molar-refractivity contribution in [2.75, 3.05) is 0 Å². The van der Waals surface area contributed by atoms with Gasteiger partial charge in [0.2, 0.25) is 0 Å². The number of rotatable bonds is 1. The second-order valence-electron chi connectivity index (χ2n) is 3.99. The highest BCUT2D eigenvalue weighted by molar-refractivity contribution is 7.80. The van der Waals surface area contributed by atoms with Gasteiger partial charge in [-0.25, -0.2) is 0 Å². The Morgan fingerprint density at radius 3 is 2.08 bits per heavy atom. The molecule has 1 rings (SSSR count). The molecule has 0 aromatic carbocycles. The van der Waals surface area contributed by atoms with E-state index in [0.717, 1.165) is 10.8 Å². The third-order valence-corrected chi connectivity index (χ3v) is 2.74. The first-order valence-corrected chi connectivity index (χ1v) is 4.67. The molecule has 0 saturated heterocycles. The molecule has 3 heteroatoms. The average molecular weight is 184 g/mol. The number of hydrogen-bond acceptors (Lipinski definition) is 2. The van der Waals surface area contributed by atoms with Gasteiger partial charge >= 0.3 is 0 Å². The van der Waals surface area contributed by atoms with E-state index < -0.39 is 0 Å². The molecule has 1 heterocycles. The SMILES string of the molecule is CC1=NC(C)(C)C(=S)N1C(C)C. The summed E-state index contributed by atoms with van der Waals surface area (Å²) in [5.41, 5.74) is -0.177. The highest BCUT2D eigenvalue weighted by Crippen LogP contribution is 2.24. The molecule has 0 aliphatic carbocycles. The van der Waals surface area contributed by atoms with Gasteiger partial charge in [0.1, 0.15) is 16.4 Å². The number of nitrogens with zero attached hydrogens (tertiary/aromatic N) is 2. The van der Waals surface area contributed by atoms with Gasteiger partial charge in [-0.1, -0.05) is 12.2 Å². The van der Waals surface area contributed by atoms with E-state index in [1.165, 1.54) is 0 Å². The molecular formula is C9H16N2S. The minimum atomic E-state index is -0.177. The standard InChI is InChI=1S/C9H16N2S/c1-6(2)11-7(3)10-9(4,5)8(11)12/h6H,1-5H3. The second kappa shape index (κ2) is 2.80. The van der Waals surface area contributed by atoms with Gasteiger partial charge in [0.25, 0.3) is 0 Å². The fourth-order valence-corrected chi connectivity index (χ4v) is 1.94. The molecule has 68 valence electrons. The van der Waals surface area contributed by atoms with Crippen molar-refractivity contribution < 1.29 is 0 Å². The van der Waals surface area contributed by atoms with Gasteiger partial charge in [-0.2, -0.15) is 0 Å². The maximum Gasteiger partial charge on any atom is 0.111 e. The van der Waals surface area contributed by atoms with Gasteiger partial charge in [-0.15, -0.1) is 0 Å². The zero-order valence-electron chi connectivity index (χ0n) is 8.38. The first-order valence-electron chi connectivity index (χ1n) is 4.26. The predicted octanol–water partition coefficient (Wildman–Crippen LogP) is 2.23. The predicted molar refractivity (Wildman–Crippen MR) is 56.8 cm³/mol. The molecule has 2 nitrogen and oxygen atoms in total. The lowest BCUT2D eigenvalue weighted by Gasteiger charge is -2.26. The lowest BCUT2D eigenvalue weighted by molar-refractivity contribution is 0.501. The van der Waals surface area contributed by atoms with E-state index in [1.54, 1.807) is 0 Å². The summed E-state index contributed by atoms with van der Waals surface area (Å²) < 4.78 is 0. The van der Waals surface area contributed by atoms with Crippen molar-refractivity contribution in [3.05, 3.63) is 0 Å². The number of aliphatic imine (C=N–C) groups is 1. The van der Waals surface area contributed by atoms with Gasteiger partial charge in [0.05, 0.1) is 0 Å². The van der Waals surface area contributed by atoms with E-state index in [0.29, 0.717) is 6.04 Å². The Morgan fingerprint density at radius 1 is 1.42 bits per heavy atom. The van der Waals surface area contributed by atoms with Crippen molar-refractivity contribution in [2.24, 2.45) is 4.99 Å². The van der Waals surface area contributed by atoms with Gasteiger partial charge in [-0.05, 0) is 34.6 Å².